The fraction of sp³-hybridized carbons (Fsp3) is 0.316. The summed E-state index contributed by atoms with van der Waals surface area (Å²) in [4.78, 5) is 31.6. The maximum absolute atomic E-state index is 12.5. The zero-order chi connectivity index (χ0) is 19.0. The minimum absolute atomic E-state index is 0.0182. The van der Waals surface area contributed by atoms with E-state index in [1.54, 1.807) is 14.0 Å². The first-order valence-corrected chi connectivity index (χ1v) is 8.91. The number of hydrogen-bond donors (Lipinski definition) is 0. The number of carbonyl (C=O) groups excluding carboxylic acids is 2. The number of Topliss-reactive ketones (excluding diaryl/α,β-unsaturated/α-hetero) is 1. The molecule has 0 bridgehead atoms. The van der Waals surface area contributed by atoms with Crippen LogP contribution in [0.1, 0.15) is 32.4 Å². The predicted molar refractivity (Wildman–Crippen MR) is 101 cm³/mol. The Bertz CT molecular complexity index is 868. The Labute approximate surface area is 156 Å². The first-order valence-electron chi connectivity index (χ1n) is 8.09. The lowest BCUT2D eigenvalue weighted by atomic mass is 9.94. The van der Waals surface area contributed by atoms with Gasteiger partial charge in [0.15, 0.2) is 11.0 Å². The van der Waals surface area contributed by atoms with E-state index in [0.717, 1.165) is 17.0 Å². The summed E-state index contributed by atoms with van der Waals surface area (Å²) in [5.41, 5.74) is 2.74. The molecule has 0 saturated carbocycles. The predicted octanol–water partition coefficient (Wildman–Crippen LogP) is 3.42. The Kier molecular flexibility index (Phi) is 4.91. The molecule has 6 nitrogen and oxygen atoms in total. The van der Waals surface area contributed by atoms with Crippen LogP contribution in [0.4, 0.5) is 0 Å². The number of allylic oxidation sites excluding steroid dienone is 3. The molecular weight excluding hydrogens is 352 g/mol. The highest BCUT2D eigenvalue weighted by atomic mass is 32.2. The molecule has 2 heterocycles. The fourth-order valence-corrected chi connectivity index (χ4v) is 4.27. The summed E-state index contributed by atoms with van der Waals surface area (Å²) in [5, 5.41) is 0.693. The monoisotopic (exact) mass is 372 g/mol. The van der Waals surface area contributed by atoms with Gasteiger partial charge < -0.3 is 14.4 Å². The van der Waals surface area contributed by atoms with Crippen LogP contribution in [-0.4, -0.2) is 36.0 Å². The number of methoxy groups -OCH3 is 2. The Morgan fingerprint density at radius 3 is 2.35 bits per heavy atom. The molecule has 2 aliphatic heterocycles. The van der Waals surface area contributed by atoms with Gasteiger partial charge in [-0.3, -0.25) is 4.79 Å². The lowest BCUT2D eigenvalue weighted by Crippen LogP contribution is -2.35. The number of amidine groups is 1. The lowest BCUT2D eigenvalue weighted by molar-refractivity contribution is -0.136. The Morgan fingerprint density at radius 1 is 1.15 bits per heavy atom. The molecule has 0 spiro atoms. The van der Waals surface area contributed by atoms with E-state index in [1.165, 1.54) is 25.8 Å². The van der Waals surface area contributed by atoms with Crippen molar-refractivity contribution in [2.24, 2.45) is 4.99 Å². The van der Waals surface area contributed by atoms with Gasteiger partial charge in [-0.2, -0.15) is 0 Å². The summed E-state index contributed by atoms with van der Waals surface area (Å²) in [7, 11) is 2.96. The lowest BCUT2D eigenvalue weighted by Gasteiger charge is -2.35. The summed E-state index contributed by atoms with van der Waals surface area (Å²) < 4.78 is 10.2. The Morgan fingerprint density at radius 2 is 1.81 bits per heavy atom. The number of rotatable bonds is 4. The summed E-state index contributed by atoms with van der Waals surface area (Å²) in [6.07, 6.45) is 0. The molecule has 1 aromatic carbocycles. The van der Waals surface area contributed by atoms with Crippen molar-refractivity contribution >= 4 is 28.7 Å². The zero-order valence-corrected chi connectivity index (χ0v) is 16.1. The third kappa shape index (κ3) is 2.92. The van der Waals surface area contributed by atoms with E-state index in [-0.39, 0.29) is 5.78 Å². The number of ketones is 1. The normalized spacial score (nSPS) is 19.3. The van der Waals surface area contributed by atoms with E-state index in [0.29, 0.717) is 21.3 Å². The van der Waals surface area contributed by atoms with Gasteiger partial charge in [-0.25, -0.2) is 9.79 Å². The van der Waals surface area contributed by atoms with Gasteiger partial charge >= 0.3 is 5.97 Å². The molecule has 1 unspecified atom stereocenters. The number of thioether (sulfide) groups is 1. The maximum atomic E-state index is 12.5. The third-order valence-electron chi connectivity index (χ3n) is 4.43. The van der Waals surface area contributed by atoms with Crippen molar-refractivity contribution < 1.29 is 19.1 Å². The van der Waals surface area contributed by atoms with E-state index in [1.807, 2.05) is 36.1 Å². The first kappa shape index (κ1) is 18.3. The highest BCUT2D eigenvalue weighted by Gasteiger charge is 2.42. The number of hydrogen-bond acceptors (Lipinski definition) is 7. The Balaban J connectivity index is 2.18. The van der Waals surface area contributed by atoms with Crippen LogP contribution in [0.25, 0.3) is 0 Å². The van der Waals surface area contributed by atoms with Gasteiger partial charge in [-0.05, 0) is 50.2 Å². The second-order valence-electron chi connectivity index (χ2n) is 6.00. The molecule has 0 N–H and O–H groups in total. The van der Waals surface area contributed by atoms with Gasteiger partial charge in [0.05, 0.1) is 36.4 Å². The van der Waals surface area contributed by atoms with Crippen molar-refractivity contribution in [1.29, 1.82) is 0 Å². The largest absolute Gasteiger partial charge is 0.497 e. The van der Waals surface area contributed by atoms with E-state index < -0.39 is 12.0 Å². The van der Waals surface area contributed by atoms with Gasteiger partial charge in [-0.15, -0.1) is 0 Å². The number of esters is 1. The second-order valence-corrected chi connectivity index (χ2v) is 6.98. The quantitative estimate of drug-likeness (QED) is 0.755. The summed E-state index contributed by atoms with van der Waals surface area (Å²) in [5.74, 6) is 0.279. The van der Waals surface area contributed by atoms with Crippen LogP contribution in [0.5, 0.6) is 5.75 Å². The van der Waals surface area contributed by atoms with Gasteiger partial charge in [0.1, 0.15) is 5.75 Å². The molecule has 1 aromatic rings. The minimum Gasteiger partial charge on any atom is -0.497 e. The van der Waals surface area contributed by atoms with Crippen molar-refractivity contribution in [2.45, 2.75) is 26.8 Å². The van der Waals surface area contributed by atoms with E-state index in [2.05, 4.69) is 4.99 Å². The molecule has 0 radical (unpaired) electrons. The molecule has 1 atom stereocenters. The average Bonchev–Trinajstić information content (AvgIpc) is 2.96. The molecular formula is C19H20N2O4S. The number of carbonyl (C=O) groups is 2. The zero-order valence-electron chi connectivity index (χ0n) is 15.3. The summed E-state index contributed by atoms with van der Waals surface area (Å²) in [6, 6.07) is 7.10. The third-order valence-corrected chi connectivity index (χ3v) is 5.69. The van der Waals surface area contributed by atoms with Gasteiger partial charge in [0, 0.05) is 5.70 Å². The van der Waals surface area contributed by atoms with E-state index in [4.69, 9.17) is 9.47 Å². The van der Waals surface area contributed by atoms with Crippen LogP contribution >= 0.6 is 11.8 Å². The molecule has 3 rings (SSSR count). The smallest absolute Gasteiger partial charge is 0.338 e. The molecule has 136 valence electrons. The summed E-state index contributed by atoms with van der Waals surface area (Å²) >= 11 is 1.34. The number of nitrogens with zero attached hydrogens (tertiary/aromatic N) is 2. The van der Waals surface area contributed by atoms with E-state index in [9.17, 15) is 9.59 Å². The summed E-state index contributed by atoms with van der Waals surface area (Å²) in [6.45, 7) is 5.20. The average molecular weight is 372 g/mol. The van der Waals surface area contributed by atoms with Crippen molar-refractivity contribution in [3.05, 3.63) is 51.7 Å². The van der Waals surface area contributed by atoms with Crippen LogP contribution in [0.3, 0.4) is 0 Å². The molecule has 2 aliphatic rings. The highest BCUT2D eigenvalue weighted by Crippen LogP contribution is 2.47. The molecule has 0 amide bonds. The van der Waals surface area contributed by atoms with Crippen LogP contribution in [-0.2, 0) is 14.3 Å². The molecule has 0 aromatic heterocycles. The Hall–Kier alpha value is -2.54. The van der Waals surface area contributed by atoms with Crippen molar-refractivity contribution in [3.8, 4) is 5.75 Å². The number of aliphatic imine (C=N–C) groups is 1. The molecule has 7 heteroatoms. The number of ether oxygens (including phenoxy) is 2. The van der Waals surface area contributed by atoms with Crippen LogP contribution in [0.2, 0.25) is 0 Å². The van der Waals surface area contributed by atoms with Crippen LogP contribution in [0, 0.1) is 0 Å². The fourth-order valence-electron chi connectivity index (χ4n) is 3.18. The highest BCUT2D eigenvalue weighted by molar-refractivity contribution is 8.18. The van der Waals surface area contributed by atoms with Gasteiger partial charge in [0.25, 0.3) is 0 Å². The molecule has 0 aliphatic carbocycles. The minimum atomic E-state index is -0.430. The van der Waals surface area contributed by atoms with Crippen LogP contribution in [0.15, 0.2) is 51.1 Å². The van der Waals surface area contributed by atoms with E-state index >= 15 is 0 Å². The molecule has 0 fully saturated rings. The second kappa shape index (κ2) is 6.99. The number of benzene rings is 1. The first-order chi connectivity index (χ1) is 12.4. The molecule has 0 saturated heterocycles. The van der Waals surface area contributed by atoms with Crippen molar-refractivity contribution in [1.82, 2.24) is 4.90 Å². The standard InChI is InChI=1S/C19H20N2O4S/c1-10-15(18(23)25-5)16(13-6-8-14(24-4)9-7-13)21-11(2)17(12(3)22)26-19(21)20-10/h6-9,16H,1-5H3. The molecule has 26 heavy (non-hydrogen) atoms. The van der Waals surface area contributed by atoms with Gasteiger partial charge in [-0.1, -0.05) is 12.1 Å². The van der Waals surface area contributed by atoms with Crippen molar-refractivity contribution in [3.63, 3.8) is 0 Å². The topological polar surface area (TPSA) is 68.2 Å². The SMILES string of the molecule is COC(=O)C1=C(C)N=C2SC(C(C)=O)=C(C)N2C1c1ccc(OC)cc1. The van der Waals surface area contributed by atoms with Crippen LogP contribution < -0.4 is 4.74 Å². The maximum Gasteiger partial charge on any atom is 0.338 e. The van der Waals surface area contributed by atoms with Crippen molar-refractivity contribution in [2.75, 3.05) is 14.2 Å². The van der Waals surface area contributed by atoms with Gasteiger partial charge in [0.2, 0.25) is 0 Å². The number of fused-ring (bicyclic) bond motifs is 1.